The molecule has 1 aliphatic carbocycles. The van der Waals surface area contributed by atoms with Gasteiger partial charge in [-0.3, -0.25) is 4.79 Å². The van der Waals surface area contributed by atoms with Crippen LogP contribution in [0.1, 0.15) is 36.0 Å². The molecule has 0 aliphatic heterocycles. The Morgan fingerprint density at radius 2 is 1.77 bits per heavy atom. The van der Waals surface area contributed by atoms with Gasteiger partial charge in [0.1, 0.15) is 0 Å². The van der Waals surface area contributed by atoms with Crippen LogP contribution in [0, 0.1) is 0 Å². The Bertz CT molecular complexity index is 734. The zero-order valence-corrected chi connectivity index (χ0v) is 14.0. The van der Waals surface area contributed by atoms with Crippen molar-refractivity contribution in [2.75, 3.05) is 6.61 Å². The molecular formula is C19H17BrO2. The molecule has 3 rings (SSSR count). The minimum absolute atomic E-state index is 0.0809. The number of carbonyl (C=O) groups is 1. The number of ether oxygens (including phenoxy) is 1. The van der Waals surface area contributed by atoms with E-state index in [0.717, 1.165) is 10.0 Å². The first kappa shape index (κ1) is 15.0. The molecule has 0 saturated heterocycles. The second kappa shape index (κ2) is 6.49. The van der Waals surface area contributed by atoms with Gasteiger partial charge in [-0.15, -0.1) is 0 Å². The van der Waals surface area contributed by atoms with Crippen LogP contribution in [0.15, 0.2) is 59.1 Å². The summed E-state index contributed by atoms with van der Waals surface area (Å²) in [4.78, 5) is 11.9. The molecule has 2 nitrogen and oxygen atoms in total. The summed E-state index contributed by atoms with van der Waals surface area (Å²) in [6.45, 7) is 2.26. The van der Waals surface area contributed by atoms with Gasteiger partial charge in [0.05, 0.1) is 13.0 Å². The number of fused-ring (bicyclic) bond motifs is 1. The molecule has 0 amide bonds. The third-order valence-corrected chi connectivity index (χ3v) is 4.57. The predicted octanol–water partition coefficient (Wildman–Crippen LogP) is 4.93. The van der Waals surface area contributed by atoms with Gasteiger partial charge in [-0.05, 0) is 35.3 Å². The first-order valence-corrected chi connectivity index (χ1v) is 8.21. The Morgan fingerprint density at radius 3 is 2.50 bits per heavy atom. The lowest BCUT2D eigenvalue weighted by atomic mass is 9.96. The minimum Gasteiger partial charge on any atom is -0.466 e. The first-order chi connectivity index (χ1) is 10.7. The van der Waals surface area contributed by atoms with Gasteiger partial charge in [0.25, 0.3) is 0 Å². The lowest BCUT2D eigenvalue weighted by Gasteiger charge is -2.10. The highest BCUT2D eigenvalue weighted by Crippen LogP contribution is 2.42. The Kier molecular flexibility index (Phi) is 4.44. The third-order valence-electron chi connectivity index (χ3n) is 3.87. The average molecular weight is 357 g/mol. The van der Waals surface area contributed by atoms with E-state index in [1.54, 1.807) is 0 Å². The number of allylic oxidation sites excluding steroid dienone is 1. The molecule has 0 radical (unpaired) electrons. The van der Waals surface area contributed by atoms with E-state index in [9.17, 15) is 4.79 Å². The van der Waals surface area contributed by atoms with E-state index in [-0.39, 0.29) is 11.9 Å². The summed E-state index contributed by atoms with van der Waals surface area (Å²) < 4.78 is 6.17. The van der Waals surface area contributed by atoms with Crippen LogP contribution in [-0.4, -0.2) is 12.6 Å². The number of carbonyl (C=O) groups excluding carboxylic acids is 1. The zero-order valence-electron chi connectivity index (χ0n) is 12.4. The molecule has 112 valence electrons. The Labute approximate surface area is 138 Å². The number of rotatable bonds is 4. The number of hydrogen-bond donors (Lipinski definition) is 0. The van der Waals surface area contributed by atoms with E-state index in [1.807, 2.05) is 37.3 Å². The van der Waals surface area contributed by atoms with E-state index in [1.165, 1.54) is 16.7 Å². The number of esters is 1. The van der Waals surface area contributed by atoms with Crippen molar-refractivity contribution in [2.24, 2.45) is 0 Å². The molecule has 0 N–H and O–H groups in total. The lowest BCUT2D eigenvalue weighted by molar-refractivity contribution is -0.143. The van der Waals surface area contributed by atoms with Crippen LogP contribution < -0.4 is 0 Å². The number of halogens is 1. The van der Waals surface area contributed by atoms with Crippen molar-refractivity contribution >= 4 is 27.5 Å². The molecule has 0 saturated carbocycles. The highest BCUT2D eigenvalue weighted by atomic mass is 79.9. The van der Waals surface area contributed by atoms with Crippen LogP contribution >= 0.6 is 15.9 Å². The summed E-state index contributed by atoms with van der Waals surface area (Å²) in [5.41, 5.74) is 4.73. The monoisotopic (exact) mass is 356 g/mol. The Balaban J connectivity index is 2.00. The second-order valence-electron chi connectivity index (χ2n) is 5.26. The van der Waals surface area contributed by atoms with Crippen molar-refractivity contribution in [2.45, 2.75) is 19.3 Å². The highest BCUT2D eigenvalue weighted by molar-refractivity contribution is 9.10. The maximum Gasteiger partial charge on any atom is 0.306 e. The van der Waals surface area contributed by atoms with Crippen LogP contribution in [0.5, 0.6) is 0 Å². The van der Waals surface area contributed by atoms with E-state index in [2.05, 4.69) is 40.2 Å². The van der Waals surface area contributed by atoms with Crippen molar-refractivity contribution in [3.63, 3.8) is 0 Å². The molecule has 0 spiro atoms. The van der Waals surface area contributed by atoms with Gasteiger partial charge >= 0.3 is 5.97 Å². The summed E-state index contributed by atoms with van der Waals surface area (Å²) in [6, 6.07) is 16.4. The predicted molar refractivity (Wildman–Crippen MR) is 91.7 cm³/mol. The van der Waals surface area contributed by atoms with Crippen molar-refractivity contribution in [1.82, 2.24) is 0 Å². The van der Waals surface area contributed by atoms with Gasteiger partial charge in [0.15, 0.2) is 0 Å². The van der Waals surface area contributed by atoms with Crippen LogP contribution in [0.2, 0.25) is 0 Å². The van der Waals surface area contributed by atoms with Gasteiger partial charge < -0.3 is 4.74 Å². The molecule has 0 aromatic heterocycles. The topological polar surface area (TPSA) is 26.3 Å². The van der Waals surface area contributed by atoms with Gasteiger partial charge in [0, 0.05) is 10.4 Å². The van der Waals surface area contributed by atoms with E-state index < -0.39 is 0 Å². The molecule has 2 aromatic carbocycles. The lowest BCUT2D eigenvalue weighted by Crippen LogP contribution is -2.08. The van der Waals surface area contributed by atoms with Crippen LogP contribution in [0.4, 0.5) is 0 Å². The molecule has 1 aliphatic rings. The molecule has 3 heteroatoms. The fourth-order valence-corrected chi connectivity index (χ4v) is 3.43. The summed E-state index contributed by atoms with van der Waals surface area (Å²) in [7, 11) is 0. The summed E-state index contributed by atoms with van der Waals surface area (Å²) in [6.07, 6.45) is 2.57. The molecular weight excluding hydrogens is 340 g/mol. The van der Waals surface area contributed by atoms with Crippen LogP contribution in [-0.2, 0) is 9.53 Å². The quantitative estimate of drug-likeness (QED) is 0.725. The largest absolute Gasteiger partial charge is 0.466 e. The van der Waals surface area contributed by atoms with E-state index >= 15 is 0 Å². The van der Waals surface area contributed by atoms with E-state index in [4.69, 9.17) is 4.74 Å². The Hall–Kier alpha value is -1.87. The SMILES string of the molecule is CCOC(=O)C[C@H]1C=C(c2ccccc2Br)c2ccccc21. The number of hydrogen-bond acceptors (Lipinski definition) is 2. The standard InChI is InChI=1S/C19H17BrO2/c1-2-22-19(21)12-13-11-17(15-8-4-3-7-14(13)15)16-9-5-6-10-18(16)20/h3-11,13H,2,12H2,1H3/t13-/m1/s1. The van der Waals surface area contributed by atoms with Gasteiger partial charge in [-0.25, -0.2) is 0 Å². The molecule has 0 heterocycles. The van der Waals surface area contributed by atoms with Crippen molar-refractivity contribution in [3.05, 3.63) is 75.8 Å². The molecule has 0 fully saturated rings. The third kappa shape index (κ3) is 2.86. The Morgan fingerprint density at radius 1 is 1.09 bits per heavy atom. The van der Waals surface area contributed by atoms with Gasteiger partial charge in [-0.2, -0.15) is 0 Å². The average Bonchev–Trinajstić information content (AvgIpc) is 2.87. The van der Waals surface area contributed by atoms with Crippen molar-refractivity contribution in [1.29, 1.82) is 0 Å². The second-order valence-corrected chi connectivity index (χ2v) is 6.12. The summed E-state index contributed by atoms with van der Waals surface area (Å²) >= 11 is 3.62. The van der Waals surface area contributed by atoms with Crippen LogP contribution in [0.25, 0.3) is 5.57 Å². The summed E-state index contributed by atoms with van der Waals surface area (Å²) in [5, 5.41) is 0. The van der Waals surface area contributed by atoms with Gasteiger partial charge in [0.2, 0.25) is 0 Å². The molecule has 1 atom stereocenters. The van der Waals surface area contributed by atoms with E-state index in [0.29, 0.717) is 13.0 Å². The summed E-state index contributed by atoms with van der Waals surface area (Å²) in [5.74, 6) is -0.0655. The first-order valence-electron chi connectivity index (χ1n) is 7.42. The fourth-order valence-electron chi connectivity index (χ4n) is 2.93. The molecule has 22 heavy (non-hydrogen) atoms. The zero-order chi connectivity index (χ0) is 15.5. The molecule has 0 unspecified atom stereocenters. The highest BCUT2D eigenvalue weighted by Gasteiger charge is 2.26. The van der Waals surface area contributed by atoms with Crippen molar-refractivity contribution < 1.29 is 9.53 Å². The smallest absolute Gasteiger partial charge is 0.306 e. The fraction of sp³-hybridized carbons (Fsp3) is 0.211. The van der Waals surface area contributed by atoms with Crippen molar-refractivity contribution in [3.8, 4) is 0 Å². The number of benzene rings is 2. The maximum absolute atomic E-state index is 11.9. The molecule has 2 aromatic rings. The minimum atomic E-state index is -0.146. The van der Waals surface area contributed by atoms with Crippen LogP contribution in [0.3, 0.4) is 0 Å². The molecule has 0 bridgehead atoms. The maximum atomic E-state index is 11.9. The normalized spacial score (nSPS) is 16.1. The van der Waals surface area contributed by atoms with Gasteiger partial charge in [-0.1, -0.05) is 64.5 Å².